The molecule has 2 heterocycles. The molecule has 0 bridgehead atoms. The minimum Gasteiger partial charge on any atom is -0.375 e. The summed E-state index contributed by atoms with van der Waals surface area (Å²) in [4.78, 5) is 7.01. The van der Waals surface area contributed by atoms with E-state index in [1.807, 2.05) is 12.3 Å². The molecule has 0 amide bonds. The van der Waals surface area contributed by atoms with E-state index >= 15 is 0 Å². The maximum atomic E-state index is 6.02. The van der Waals surface area contributed by atoms with Crippen molar-refractivity contribution in [3.63, 3.8) is 0 Å². The van der Waals surface area contributed by atoms with Crippen molar-refractivity contribution in [2.75, 3.05) is 18.1 Å². The fourth-order valence-corrected chi connectivity index (χ4v) is 2.98. The van der Waals surface area contributed by atoms with E-state index in [0.717, 1.165) is 24.5 Å². The maximum Gasteiger partial charge on any atom is 0.136 e. The number of alkyl halides is 1. The van der Waals surface area contributed by atoms with Crippen molar-refractivity contribution in [3.8, 4) is 0 Å². The summed E-state index contributed by atoms with van der Waals surface area (Å²) in [5.41, 5.74) is 1.08. The average molecular weight is 291 g/mol. The second-order valence-corrected chi connectivity index (χ2v) is 5.70. The number of halogens is 1. The van der Waals surface area contributed by atoms with E-state index in [2.05, 4.69) is 41.9 Å². The Balaban J connectivity index is 2.12. The minimum absolute atomic E-state index is 0.236. The third-order valence-electron chi connectivity index (χ3n) is 3.88. The molecule has 0 N–H and O–H groups in total. The Labute approximate surface area is 124 Å². The Kier molecular flexibility index (Phi) is 3.81. The molecular weight excluding hydrogens is 272 g/mol. The number of benzene rings is 1. The lowest BCUT2D eigenvalue weighted by atomic mass is 10.1. The molecule has 1 saturated heterocycles. The number of aromatic nitrogens is 1. The van der Waals surface area contributed by atoms with Crippen molar-refractivity contribution in [1.29, 1.82) is 0 Å². The van der Waals surface area contributed by atoms with Crippen molar-refractivity contribution in [2.24, 2.45) is 0 Å². The number of morpholine rings is 1. The number of ether oxygens (including phenoxy) is 1. The first-order valence-corrected chi connectivity index (χ1v) is 7.55. The summed E-state index contributed by atoms with van der Waals surface area (Å²) >= 11 is 6.02. The second-order valence-electron chi connectivity index (χ2n) is 5.43. The van der Waals surface area contributed by atoms with Crippen LogP contribution in [0.15, 0.2) is 30.5 Å². The normalized spacial score (nSPS) is 23.2. The van der Waals surface area contributed by atoms with E-state index < -0.39 is 0 Å². The summed E-state index contributed by atoms with van der Waals surface area (Å²) in [6.07, 6.45) is 2.14. The Morgan fingerprint density at radius 1 is 1.30 bits per heavy atom. The predicted octanol–water partition coefficient (Wildman–Crippen LogP) is 3.59. The lowest BCUT2D eigenvalue weighted by molar-refractivity contribution is 0.0342. The molecular formula is C16H19ClN2O. The summed E-state index contributed by atoms with van der Waals surface area (Å²) < 4.78 is 5.71. The molecule has 1 aliphatic heterocycles. The number of fused-ring (bicyclic) bond motifs is 1. The molecule has 2 atom stereocenters. The molecule has 106 valence electrons. The molecule has 1 aromatic heterocycles. The van der Waals surface area contributed by atoms with Gasteiger partial charge in [-0.25, -0.2) is 4.98 Å². The molecule has 4 heteroatoms. The lowest BCUT2D eigenvalue weighted by Gasteiger charge is -2.38. The fraction of sp³-hybridized carbons (Fsp3) is 0.438. The Morgan fingerprint density at radius 3 is 2.80 bits per heavy atom. The highest BCUT2D eigenvalue weighted by molar-refractivity contribution is 6.18. The van der Waals surface area contributed by atoms with Crippen LogP contribution >= 0.6 is 11.6 Å². The van der Waals surface area contributed by atoms with Gasteiger partial charge in [-0.2, -0.15) is 0 Å². The Bertz CT molecular complexity index is 616. The molecule has 3 rings (SSSR count). The van der Waals surface area contributed by atoms with Crippen LogP contribution in [0.2, 0.25) is 0 Å². The zero-order valence-corrected chi connectivity index (χ0v) is 12.6. The summed E-state index contributed by atoms with van der Waals surface area (Å²) in [5, 5.41) is 2.37. The molecule has 1 aliphatic rings. The molecule has 0 spiro atoms. The van der Waals surface area contributed by atoms with Crippen molar-refractivity contribution in [1.82, 2.24) is 4.98 Å². The van der Waals surface area contributed by atoms with Gasteiger partial charge in [-0.3, -0.25) is 0 Å². The molecule has 2 unspecified atom stereocenters. The summed E-state index contributed by atoms with van der Waals surface area (Å²) in [5.74, 6) is 1.53. The molecule has 2 aromatic rings. The zero-order valence-electron chi connectivity index (χ0n) is 11.8. The molecule has 1 aromatic carbocycles. The Morgan fingerprint density at radius 2 is 2.05 bits per heavy atom. The summed E-state index contributed by atoms with van der Waals surface area (Å²) in [7, 11) is 0. The fourth-order valence-electron chi connectivity index (χ4n) is 2.77. The van der Waals surface area contributed by atoms with E-state index in [9.17, 15) is 0 Å². The van der Waals surface area contributed by atoms with Gasteiger partial charge in [0, 0.05) is 24.0 Å². The second kappa shape index (κ2) is 5.58. The molecule has 1 fully saturated rings. The largest absolute Gasteiger partial charge is 0.375 e. The van der Waals surface area contributed by atoms with Gasteiger partial charge in [-0.15, -0.1) is 11.6 Å². The van der Waals surface area contributed by atoms with Crippen LogP contribution in [0.25, 0.3) is 10.8 Å². The maximum absolute atomic E-state index is 6.02. The highest BCUT2D eigenvalue weighted by Gasteiger charge is 2.26. The van der Waals surface area contributed by atoms with Crippen molar-refractivity contribution in [2.45, 2.75) is 31.9 Å². The highest BCUT2D eigenvalue weighted by Crippen LogP contribution is 2.30. The van der Waals surface area contributed by atoms with Gasteiger partial charge >= 0.3 is 0 Å². The van der Waals surface area contributed by atoms with E-state index in [1.54, 1.807) is 0 Å². The highest BCUT2D eigenvalue weighted by atomic mass is 35.5. The first kappa shape index (κ1) is 13.7. The van der Waals surface area contributed by atoms with E-state index in [1.165, 1.54) is 10.8 Å². The van der Waals surface area contributed by atoms with Gasteiger partial charge < -0.3 is 9.64 Å². The van der Waals surface area contributed by atoms with E-state index in [0.29, 0.717) is 11.9 Å². The molecule has 3 nitrogen and oxygen atoms in total. The quantitative estimate of drug-likeness (QED) is 0.791. The van der Waals surface area contributed by atoms with Crippen LogP contribution in [0.3, 0.4) is 0 Å². The van der Waals surface area contributed by atoms with Crippen molar-refractivity contribution in [3.05, 3.63) is 36.0 Å². The average Bonchev–Trinajstić information content (AvgIpc) is 2.49. The minimum atomic E-state index is 0.236. The molecule has 0 radical (unpaired) electrons. The van der Waals surface area contributed by atoms with Gasteiger partial charge in [-0.1, -0.05) is 24.3 Å². The predicted molar refractivity (Wildman–Crippen MR) is 83.5 cm³/mol. The number of rotatable bonds is 2. The van der Waals surface area contributed by atoms with E-state index in [4.69, 9.17) is 16.3 Å². The van der Waals surface area contributed by atoms with Crippen LogP contribution in [0.4, 0.5) is 5.82 Å². The van der Waals surface area contributed by atoms with Crippen LogP contribution in [-0.2, 0) is 10.6 Å². The number of hydrogen-bond donors (Lipinski definition) is 0. The van der Waals surface area contributed by atoms with Gasteiger partial charge in [0.05, 0.1) is 18.8 Å². The van der Waals surface area contributed by atoms with Crippen LogP contribution in [-0.4, -0.2) is 30.3 Å². The monoisotopic (exact) mass is 290 g/mol. The van der Waals surface area contributed by atoms with E-state index in [-0.39, 0.29) is 6.10 Å². The first-order valence-electron chi connectivity index (χ1n) is 7.01. The van der Waals surface area contributed by atoms with Crippen LogP contribution < -0.4 is 4.90 Å². The molecule has 20 heavy (non-hydrogen) atoms. The Hall–Kier alpha value is -1.32. The smallest absolute Gasteiger partial charge is 0.136 e. The molecule has 0 saturated carbocycles. The van der Waals surface area contributed by atoms with Gasteiger partial charge in [-0.05, 0) is 24.8 Å². The van der Waals surface area contributed by atoms with Crippen LogP contribution in [0, 0.1) is 0 Å². The first-order chi connectivity index (χ1) is 9.70. The third kappa shape index (κ3) is 2.36. The van der Waals surface area contributed by atoms with Crippen LogP contribution in [0.1, 0.15) is 19.4 Å². The number of pyridine rings is 1. The number of nitrogens with zero attached hydrogens (tertiary/aromatic N) is 2. The SMILES string of the molecule is CC1CN(c2ncc(CCl)c3ccccc23)C(C)CO1. The summed E-state index contributed by atoms with van der Waals surface area (Å²) in [6, 6.07) is 8.69. The third-order valence-corrected chi connectivity index (χ3v) is 4.17. The lowest BCUT2D eigenvalue weighted by Crippen LogP contribution is -2.47. The van der Waals surface area contributed by atoms with Crippen molar-refractivity contribution >= 4 is 28.2 Å². The van der Waals surface area contributed by atoms with Gasteiger partial charge in [0.25, 0.3) is 0 Å². The standard InChI is InChI=1S/C16H19ClN2O/c1-11-10-20-12(2)9-19(11)16-15-6-4-3-5-14(15)13(7-17)8-18-16/h3-6,8,11-12H,7,9-10H2,1-2H3. The topological polar surface area (TPSA) is 25.4 Å². The number of anilines is 1. The summed E-state index contributed by atoms with van der Waals surface area (Å²) in [6.45, 7) is 5.90. The van der Waals surface area contributed by atoms with Gasteiger partial charge in [0.2, 0.25) is 0 Å². The zero-order chi connectivity index (χ0) is 14.1. The number of hydrogen-bond acceptors (Lipinski definition) is 3. The van der Waals surface area contributed by atoms with Crippen LogP contribution in [0.5, 0.6) is 0 Å². The van der Waals surface area contributed by atoms with Crippen molar-refractivity contribution < 1.29 is 4.74 Å². The van der Waals surface area contributed by atoms with Gasteiger partial charge in [0.15, 0.2) is 0 Å². The van der Waals surface area contributed by atoms with Gasteiger partial charge in [0.1, 0.15) is 5.82 Å². The molecule has 0 aliphatic carbocycles.